The SMILES string of the molecule is Cc1ccc(-n2c(=O)c3ccccc3n(Cc3nc(-c4cccs4)no3)c2=O)cc1C. The summed E-state index contributed by atoms with van der Waals surface area (Å²) in [4.78, 5) is 32.0. The van der Waals surface area contributed by atoms with Crippen LogP contribution in [0.15, 0.2) is 74.1 Å². The maximum Gasteiger partial charge on any atom is 0.336 e. The second-order valence-electron chi connectivity index (χ2n) is 7.28. The molecular formula is C23H18N4O3S. The minimum absolute atomic E-state index is 0.0584. The van der Waals surface area contributed by atoms with Crippen LogP contribution in [-0.4, -0.2) is 19.3 Å². The zero-order valence-electron chi connectivity index (χ0n) is 16.9. The van der Waals surface area contributed by atoms with Crippen LogP contribution in [0.2, 0.25) is 0 Å². The number of benzene rings is 2. The lowest BCUT2D eigenvalue weighted by Crippen LogP contribution is -2.39. The molecule has 0 radical (unpaired) electrons. The largest absolute Gasteiger partial charge is 0.337 e. The highest BCUT2D eigenvalue weighted by molar-refractivity contribution is 7.13. The first-order valence-corrected chi connectivity index (χ1v) is 10.6. The van der Waals surface area contributed by atoms with Crippen LogP contribution in [0.25, 0.3) is 27.3 Å². The van der Waals surface area contributed by atoms with Gasteiger partial charge in [0.25, 0.3) is 5.56 Å². The Bertz CT molecular complexity index is 1530. The van der Waals surface area contributed by atoms with E-state index in [1.165, 1.54) is 20.5 Å². The van der Waals surface area contributed by atoms with Gasteiger partial charge in [-0.05, 0) is 60.7 Å². The molecule has 0 aliphatic carbocycles. The van der Waals surface area contributed by atoms with Gasteiger partial charge in [-0.2, -0.15) is 4.98 Å². The van der Waals surface area contributed by atoms with Crippen LogP contribution in [0.5, 0.6) is 0 Å². The molecule has 0 saturated carbocycles. The van der Waals surface area contributed by atoms with E-state index in [2.05, 4.69) is 10.1 Å². The molecule has 0 saturated heterocycles. The highest BCUT2D eigenvalue weighted by atomic mass is 32.1. The van der Waals surface area contributed by atoms with E-state index >= 15 is 0 Å². The zero-order valence-corrected chi connectivity index (χ0v) is 17.7. The third-order valence-corrected chi connectivity index (χ3v) is 6.17. The normalized spacial score (nSPS) is 11.3. The quantitative estimate of drug-likeness (QED) is 0.431. The summed E-state index contributed by atoms with van der Waals surface area (Å²) >= 11 is 1.51. The van der Waals surface area contributed by atoms with E-state index in [4.69, 9.17) is 4.52 Å². The predicted molar refractivity (Wildman–Crippen MR) is 120 cm³/mol. The van der Waals surface area contributed by atoms with Gasteiger partial charge < -0.3 is 4.52 Å². The first kappa shape index (κ1) is 19.2. The van der Waals surface area contributed by atoms with Gasteiger partial charge >= 0.3 is 5.69 Å². The summed E-state index contributed by atoms with van der Waals surface area (Å²) in [5.74, 6) is 0.769. The smallest absolute Gasteiger partial charge is 0.336 e. The lowest BCUT2D eigenvalue weighted by molar-refractivity contribution is 0.370. The number of fused-ring (bicyclic) bond motifs is 1. The lowest BCUT2D eigenvalue weighted by Gasteiger charge is -2.13. The van der Waals surface area contributed by atoms with E-state index in [1.807, 2.05) is 43.5 Å². The number of rotatable bonds is 4. The maximum absolute atomic E-state index is 13.5. The molecule has 7 nitrogen and oxygen atoms in total. The molecule has 5 aromatic rings. The van der Waals surface area contributed by atoms with E-state index in [-0.39, 0.29) is 12.1 Å². The monoisotopic (exact) mass is 430 g/mol. The Morgan fingerprint density at radius 3 is 2.61 bits per heavy atom. The van der Waals surface area contributed by atoms with Crippen molar-refractivity contribution < 1.29 is 4.52 Å². The minimum atomic E-state index is -0.456. The summed E-state index contributed by atoms with van der Waals surface area (Å²) in [6.45, 7) is 4.00. The topological polar surface area (TPSA) is 82.9 Å². The molecular weight excluding hydrogens is 412 g/mol. The van der Waals surface area contributed by atoms with Crippen molar-refractivity contribution in [3.8, 4) is 16.4 Å². The number of nitrogens with zero attached hydrogens (tertiary/aromatic N) is 4. The van der Waals surface area contributed by atoms with Crippen molar-refractivity contribution in [2.24, 2.45) is 0 Å². The van der Waals surface area contributed by atoms with Gasteiger partial charge in [0.15, 0.2) is 0 Å². The van der Waals surface area contributed by atoms with Crippen molar-refractivity contribution in [1.29, 1.82) is 0 Å². The molecule has 0 amide bonds. The van der Waals surface area contributed by atoms with Crippen LogP contribution >= 0.6 is 11.3 Å². The standard InChI is InChI=1S/C23H18N4O3S/c1-14-9-10-16(12-15(14)2)27-22(28)17-6-3-4-7-18(17)26(23(27)29)13-20-24-21(25-30-20)19-8-5-11-31-19/h3-12H,13H2,1-2H3. The van der Waals surface area contributed by atoms with Crippen LogP contribution in [0, 0.1) is 13.8 Å². The van der Waals surface area contributed by atoms with Crippen LogP contribution in [0.4, 0.5) is 0 Å². The predicted octanol–water partition coefficient (Wildman–Crippen LogP) is 3.93. The first-order chi connectivity index (χ1) is 15.0. The van der Waals surface area contributed by atoms with Gasteiger partial charge in [-0.25, -0.2) is 9.36 Å². The molecule has 3 heterocycles. The maximum atomic E-state index is 13.5. The van der Waals surface area contributed by atoms with Crippen LogP contribution in [0.3, 0.4) is 0 Å². The van der Waals surface area contributed by atoms with Crippen molar-refractivity contribution in [3.63, 3.8) is 0 Å². The first-order valence-electron chi connectivity index (χ1n) is 9.71. The molecule has 0 fully saturated rings. The number of aromatic nitrogens is 4. The van der Waals surface area contributed by atoms with Gasteiger partial charge in [0.1, 0.15) is 6.54 Å². The highest BCUT2D eigenvalue weighted by Gasteiger charge is 2.17. The lowest BCUT2D eigenvalue weighted by atomic mass is 10.1. The molecule has 154 valence electrons. The number of para-hydroxylation sites is 1. The average molecular weight is 430 g/mol. The van der Waals surface area contributed by atoms with Crippen LogP contribution in [0.1, 0.15) is 17.0 Å². The molecule has 2 aromatic carbocycles. The summed E-state index contributed by atoms with van der Waals surface area (Å²) in [7, 11) is 0. The molecule has 0 spiro atoms. The number of hydrogen-bond acceptors (Lipinski definition) is 6. The molecule has 0 atom stereocenters. The Hall–Kier alpha value is -3.78. The molecule has 8 heteroatoms. The second kappa shape index (κ2) is 7.48. The van der Waals surface area contributed by atoms with E-state index in [0.29, 0.717) is 28.3 Å². The fraction of sp³-hybridized carbons (Fsp3) is 0.130. The van der Waals surface area contributed by atoms with E-state index in [1.54, 1.807) is 30.3 Å². The van der Waals surface area contributed by atoms with Crippen LogP contribution in [-0.2, 0) is 6.54 Å². The molecule has 5 rings (SSSR count). The number of thiophene rings is 1. The molecule has 0 bridgehead atoms. The van der Waals surface area contributed by atoms with Crippen molar-refractivity contribution in [2.45, 2.75) is 20.4 Å². The number of aryl methyl sites for hydroxylation is 2. The third kappa shape index (κ3) is 3.30. The van der Waals surface area contributed by atoms with Gasteiger partial charge in [0, 0.05) is 0 Å². The van der Waals surface area contributed by atoms with Gasteiger partial charge in [-0.3, -0.25) is 9.36 Å². The molecule has 0 N–H and O–H groups in total. The van der Waals surface area contributed by atoms with Gasteiger partial charge in [-0.15, -0.1) is 11.3 Å². The zero-order chi connectivity index (χ0) is 21.5. The van der Waals surface area contributed by atoms with Crippen molar-refractivity contribution in [3.05, 3.63) is 97.8 Å². The van der Waals surface area contributed by atoms with Gasteiger partial charge in [-0.1, -0.05) is 29.4 Å². The molecule has 0 unspecified atom stereocenters. The Labute approximate surface area is 180 Å². The Morgan fingerprint density at radius 1 is 1.00 bits per heavy atom. The summed E-state index contributed by atoms with van der Waals surface area (Å²) < 4.78 is 8.10. The fourth-order valence-corrected chi connectivity index (χ4v) is 4.18. The van der Waals surface area contributed by atoms with E-state index in [9.17, 15) is 9.59 Å². The summed E-state index contributed by atoms with van der Waals surface area (Å²) in [5.41, 5.74) is 2.33. The molecule has 31 heavy (non-hydrogen) atoms. The van der Waals surface area contributed by atoms with Crippen molar-refractivity contribution in [1.82, 2.24) is 19.3 Å². The van der Waals surface area contributed by atoms with Crippen molar-refractivity contribution >= 4 is 22.2 Å². The summed E-state index contributed by atoms with van der Waals surface area (Å²) in [5, 5.41) is 6.40. The van der Waals surface area contributed by atoms with Crippen LogP contribution < -0.4 is 11.2 Å². The summed E-state index contributed by atoms with van der Waals surface area (Å²) in [6, 6.07) is 16.4. The summed E-state index contributed by atoms with van der Waals surface area (Å²) in [6.07, 6.45) is 0. The van der Waals surface area contributed by atoms with Gasteiger partial charge in [0.2, 0.25) is 11.7 Å². The van der Waals surface area contributed by atoms with Gasteiger partial charge in [0.05, 0.1) is 21.5 Å². The van der Waals surface area contributed by atoms with Crippen molar-refractivity contribution in [2.75, 3.05) is 0 Å². The Morgan fingerprint density at radius 2 is 1.84 bits per heavy atom. The Kier molecular flexibility index (Phi) is 4.63. The molecule has 0 aliphatic heterocycles. The Balaban J connectivity index is 1.70. The molecule has 0 aliphatic rings. The molecule has 3 aromatic heterocycles. The van der Waals surface area contributed by atoms with E-state index < -0.39 is 5.69 Å². The number of hydrogen-bond donors (Lipinski definition) is 0. The fourth-order valence-electron chi connectivity index (χ4n) is 3.53. The third-order valence-electron chi connectivity index (χ3n) is 5.30. The highest BCUT2D eigenvalue weighted by Crippen LogP contribution is 2.22. The van der Waals surface area contributed by atoms with E-state index in [0.717, 1.165) is 16.0 Å². The average Bonchev–Trinajstić information content (AvgIpc) is 3.46. The minimum Gasteiger partial charge on any atom is -0.337 e. The second-order valence-corrected chi connectivity index (χ2v) is 8.23.